The number of benzene rings is 1. The first-order valence-corrected chi connectivity index (χ1v) is 8.20. The largest absolute Gasteiger partial charge is 0.465 e. The zero-order valence-electron chi connectivity index (χ0n) is 13.8. The quantitative estimate of drug-likeness (QED) is 0.719. The molecule has 0 bridgehead atoms. The number of hydrogen-bond donors (Lipinski definition) is 1. The van der Waals surface area contributed by atoms with Crippen molar-refractivity contribution in [2.45, 2.75) is 13.8 Å². The Labute approximate surface area is 147 Å². The number of carbonyl (C=O) groups is 2. The summed E-state index contributed by atoms with van der Waals surface area (Å²) in [5.74, 6) is -0.457. The van der Waals surface area contributed by atoms with Crippen LogP contribution >= 0.6 is 11.3 Å². The van der Waals surface area contributed by atoms with E-state index in [9.17, 15) is 9.59 Å². The zero-order chi connectivity index (χ0) is 18.0. The molecule has 8 heteroatoms. The van der Waals surface area contributed by atoms with E-state index in [-0.39, 0.29) is 5.69 Å². The number of methoxy groups -OCH3 is 1. The van der Waals surface area contributed by atoms with Gasteiger partial charge >= 0.3 is 5.97 Å². The van der Waals surface area contributed by atoms with Gasteiger partial charge in [-0.15, -0.1) is 0 Å². The number of aryl methyl sites for hydroxylation is 2. The van der Waals surface area contributed by atoms with Crippen LogP contribution in [0.3, 0.4) is 0 Å². The van der Waals surface area contributed by atoms with Gasteiger partial charge in [-0.1, -0.05) is 46.3 Å². The zero-order valence-corrected chi connectivity index (χ0v) is 14.6. The molecule has 3 aromatic rings. The fourth-order valence-electron chi connectivity index (χ4n) is 2.13. The van der Waals surface area contributed by atoms with Crippen LogP contribution in [0.1, 0.15) is 31.4 Å². The van der Waals surface area contributed by atoms with Gasteiger partial charge < -0.3 is 9.26 Å². The Morgan fingerprint density at radius 3 is 2.60 bits per heavy atom. The molecule has 1 N–H and O–H groups in total. The molecule has 2 aromatic heterocycles. The second kappa shape index (κ2) is 6.86. The van der Waals surface area contributed by atoms with Gasteiger partial charge in [0.1, 0.15) is 4.88 Å². The lowest BCUT2D eigenvalue weighted by Crippen LogP contribution is -2.11. The van der Waals surface area contributed by atoms with Crippen LogP contribution in [0.4, 0.5) is 5.13 Å². The molecule has 1 amide bonds. The van der Waals surface area contributed by atoms with Gasteiger partial charge in [-0.2, -0.15) is 0 Å². The molecule has 0 spiro atoms. The van der Waals surface area contributed by atoms with Crippen molar-refractivity contribution in [1.82, 2.24) is 10.1 Å². The number of esters is 1. The Kier molecular flexibility index (Phi) is 4.62. The predicted octanol–water partition coefficient (Wildman–Crippen LogP) is 3.45. The third kappa shape index (κ3) is 3.58. The lowest BCUT2D eigenvalue weighted by atomic mass is 10.1. The summed E-state index contributed by atoms with van der Waals surface area (Å²) in [6.45, 7) is 3.66. The maximum absolute atomic E-state index is 12.3. The van der Waals surface area contributed by atoms with E-state index in [0.717, 1.165) is 22.5 Å². The second-order valence-corrected chi connectivity index (χ2v) is 6.32. The van der Waals surface area contributed by atoms with E-state index in [1.807, 2.05) is 31.2 Å². The summed E-state index contributed by atoms with van der Waals surface area (Å²) < 4.78 is 9.90. The fraction of sp³-hybridized carbons (Fsp3) is 0.176. The van der Waals surface area contributed by atoms with Gasteiger partial charge in [-0.25, -0.2) is 9.78 Å². The van der Waals surface area contributed by atoms with Crippen molar-refractivity contribution in [2.24, 2.45) is 0 Å². The number of hydrogen-bond acceptors (Lipinski definition) is 7. The van der Waals surface area contributed by atoms with Crippen molar-refractivity contribution in [1.29, 1.82) is 0 Å². The maximum atomic E-state index is 12.3. The molecule has 0 aliphatic rings. The van der Waals surface area contributed by atoms with Gasteiger partial charge in [0, 0.05) is 11.6 Å². The van der Waals surface area contributed by atoms with Gasteiger partial charge in [-0.3, -0.25) is 10.1 Å². The Bertz CT molecular complexity index is 928. The smallest absolute Gasteiger partial charge is 0.350 e. The van der Waals surface area contributed by atoms with Crippen LogP contribution in [-0.4, -0.2) is 29.1 Å². The van der Waals surface area contributed by atoms with Gasteiger partial charge in [-0.05, 0) is 13.8 Å². The molecule has 1 aromatic carbocycles. The number of carbonyl (C=O) groups excluding carboxylic acids is 2. The lowest BCUT2D eigenvalue weighted by molar-refractivity contribution is 0.0605. The normalized spacial score (nSPS) is 10.5. The number of nitrogens with zero attached hydrogens (tertiary/aromatic N) is 2. The average Bonchev–Trinajstić information content (AvgIpc) is 3.22. The van der Waals surface area contributed by atoms with E-state index in [0.29, 0.717) is 21.5 Å². The maximum Gasteiger partial charge on any atom is 0.350 e. The molecule has 7 nitrogen and oxygen atoms in total. The summed E-state index contributed by atoms with van der Waals surface area (Å²) >= 11 is 1.04. The molecule has 128 valence electrons. The van der Waals surface area contributed by atoms with E-state index < -0.39 is 11.9 Å². The molecule has 0 aliphatic heterocycles. The minimum Gasteiger partial charge on any atom is -0.465 e. The van der Waals surface area contributed by atoms with Crippen LogP contribution in [0.2, 0.25) is 0 Å². The minimum absolute atomic E-state index is 0.128. The van der Waals surface area contributed by atoms with E-state index in [1.165, 1.54) is 7.11 Å². The molecule has 0 radical (unpaired) electrons. The first kappa shape index (κ1) is 16.8. The first-order valence-electron chi connectivity index (χ1n) is 7.39. The molecule has 0 atom stereocenters. The second-order valence-electron chi connectivity index (χ2n) is 5.32. The molecule has 0 aliphatic carbocycles. The van der Waals surface area contributed by atoms with E-state index in [1.54, 1.807) is 13.0 Å². The van der Waals surface area contributed by atoms with Gasteiger partial charge in [0.2, 0.25) is 0 Å². The molecular weight excluding hydrogens is 342 g/mol. The molecule has 3 rings (SSSR count). The number of aromatic nitrogens is 2. The Hall–Kier alpha value is -3.00. The standard InChI is InChI=1S/C17H15N3O4S/c1-9-4-6-11(7-5-9)13-8-12(20-24-13)15(21)19-17-18-10(2)14(25-17)16(22)23-3/h4-8H,1-3H3,(H,18,19,21). The van der Waals surface area contributed by atoms with E-state index in [4.69, 9.17) is 4.52 Å². The summed E-state index contributed by atoms with van der Waals surface area (Å²) in [5, 5.41) is 6.69. The Balaban J connectivity index is 1.76. The number of amides is 1. The SMILES string of the molecule is COC(=O)c1sc(NC(=O)c2cc(-c3ccc(C)cc3)on2)nc1C. The van der Waals surface area contributed by atoms with Crippen LogP contribution in [0.15, 0.2) is 34.9 Å². The lowest BCUT2D eigenvalue weighted by Gasteiger charge is -1.96. The topological polar surface area (TPSA) is 94.3 Å². The number of thiazole rings is 1. The average molecular weight is 357 g/mol. The van der Waals surface area contributed by atoms with Crippen molar-refractivity contribution in [3.05, 3.63) is 52.2 Å². The summed E-state index contributed by atoms with van der Waals surface area (Å²) in [7, 11) is 1.29. The fourth-order valence-corrected chi connectivity index (χ4v) is 3.01. The highest BCUT2D eigenvalue weighted by molar-refractivity contribution is 7.17. The molecule has 0 unspecified atom stereocenters. The monoisotopic (exact) mass is 357 g/mol. The van der Waals surface area contributed by atoms with Crippen LogP contribution < -0.4 is 5.32 Å². The minimum atomic E-state index is -0.487. The molecule has 0 saturated carbocycles. The highest BCUT2D eigenvalue weighted by atomic mass is 32.1. The summed E-state index contributed by atoms with van der Waals surface area (Å²) in [6.07, 6.45) is 0. The Morgan fingerprint density at radius 2 is 1.92 bits per heavy atom. The van der Waals surface area contributed by atoms with Crippen molar-refractivity contribution in [3.63, 3.8) is 0 Å². The number of anilines is 1. The van der Waals surface area contributed by atoms with Gasteiger partial charge in [0.25, 0.3) is 5.91 Å². The van der Waals surface area contributed by atoms with E-state index >= 15 is 0 Å². The van der Waals surface area contributed by atoms with Crippen LogP contribution in [0.25, 0.3) is 11.3 Å². The van der Waals surface area contributed by atoms with Crippen LogP contribution in [0, 0.1) is 13.8 Å². The van der Waals surface area contributed by atoms with Crippen LogP contribution in [0.5, 0.6) is 0 Å². The van der Waals surface area contributed by atoms with Crippen molar-refractivity contribution < 1.29 is 18.8 Å². The highest BCUT2D eigenvalue weighted by Gasteiger charge is 2.19. The molecular formula is C17H15N3O4S. The summed E-state index contributed by atoms with van der Waals surface area (Å²) in [4.78, 5) is 28.4. The molecule has 2 heterocycles. The number of rotatable bonds is 4. The van der Waals surface area contributed by atoms with Crippen molar-refractivity contribution in [3.8, 4) is 11.3 Å². The van der Waals surface area contributed by atoms with Crippen LogP contribution in [-0.2, 0) is 4.74 Å². The third-order valence-electron chi connectivity index (χ3n) is 3.47. The number of nitrogens with one attached hydrogen (secondary N) is 1. The summed E-state index contributed by atoms with van der Waals surface area (Å²) in [5.41, 5.74) is 2.58. The van der Waals surface area contributed by atoms with Crippen molar-refractivity contribution in [2.75, 3.05) is 12.4 Å². The van der Waals surface area contributed by atoms with E-state index in [2.05, 4.69) is 20.2 Å². The van der Waals surface area contributed by atoms with Gasteiger partial charge in [0.15, 0.2) is 16.6 Å². The first-order chi connectivity index (χ1) is 12.0. The molecule has 0 fully saturated rings. The Morgan fingerprint density at radius 1 is 1.20 bits per heavy atom. The molecule has 0 saturated heterocycles. The third-order valence-corrected chi connectivity index (χ3v) is 4.52. The van der Waals surface area contributed by atoms with Gasteiger partial charge in [0.05, 0.1) is 12.8 Å². The highest BCUT2D eigenvalue weighted by Crippen LogP contribution is 2.25. The van der Waals surface area contributed by atoms with Crippen molar-refractivity contribution >= 4 is 28.3 Å². The summed E-state index contributed by atoms with van der Waals surface area (Å²) in [6, 6.07) is 9.24. The molecule has 25 heavy (non-hydrogen) atoms. The predicted molar refractivity (Wildman–Crippen MR) is 92.8 cm³/mol. The number of ether oxygens (including phenoxy) is 1.